The summed E-state index contributed by atoms with van der Waals surface area (Å²) in [5.41, 5.74) is 1.57. The first-order valence-corrected chi connectivity index (χ1v) is 9.28. The summed E-state index contributed by atoms with van der Waals surface area (Å²) in [5, 5.41) is 5.56. The molecule has 1 fully saturated rings. The molecule has 2 aromatic carbocycles. The van der Waals surface area contributed by atoms with Crippen molar-refractivity contribution in [1.82, 2.24) is 4.90 Å². The fraction of sp³-hybridized carbons (Fsp3) is 0.333. The molecule has 0 spiro atoms. The van der Waals surface area contributed by atoms with Gasteiger partial charge in [0.25, 0.3) is 5.91 Å². The van der Waals surface area contributed by atoms with Crippen LogP contribution >= 0.6 is 0 Å². The van der Waals surface area contributed by atoms with Gasteiger partial charge in [-0.05, 0) is 37.1 Å². The van der Waals surface area contributed by atoms with Crippen molar-refractivity contribution in [2.45, 2.75) is 25.7 Å². The predicted octanol–water partition coefficient (Wildman–Crippen LogP) is 4.36. The van der Waals surface area contributed by atoms with Gasteiger partial charge in [-0.1, -0.05) is 37.1 Å². The van der Waals surface area contributed by atoms with Crippen LogP contribution in [0.15, 0.2) is 48.5 Å². The summed E-state index contributed by atoms with van der Waals surface area (Å²) in [7, 11) is 1.55. The van der Waals surface area contributed by atoms with Gasteiger partial charge in [0.2, 0.25) is 0 Å². The van der Waals surface area contributed by atoms with E-state index in [1.807, 2.05) is 23.1 Å². The highest BCUT2D eigenvalue weighted by molar-refractivity contribution is 6.06. The average molecular weight is 367 g/mol. The highest BCUT2D eigenvalue weighted by Gasteiger charge is 2.20. The minimum atomic E-state index is -0.421. The summed E-state index contributed by atoms with van der Waals surface area (Å²) >= 11 is 0. The van der Waals surface area contributed by atoms with E-state index in [9.17, 15) is 9.59 Å². The number of urea groups is 1. The third kappa shape index (κ3) is 4.78. The molecule has 142 valence electrons. The van der Waals surface area contributed by atoms with Crippen molar-refractivity contribution in [2.75, 3.05) is 30.8 Å². The minimum Gasteiger partial charge on any atom is -0.495 e. The molecular weight excluding hydrogens is 342 g/mol. The highest BCUT2D eigenvalue weighted by Crippen LogP contribution is 2.24. The van der Waals surface area contributed by atoms with Crippen molar-refractivity contribution >= 4 is 23.3 Å². The predicted molar refractivity (Wildman–Crippen MR) is 106 cm³/mol. The number of methoxy groups -OCH3 is 1. The molecule has 0 radical (unpaired) electrons. The SMILES string of the molecule is COc1ccccc1NC(=O)Nc1ccccc1C(=O)N1CCCCCC1. The van der Waals surface area contributed by atoms with Crippen molar-refractivity contribution < 1.29 is 14.3 Å². The van der Waals surface area contributed by atoms with Crippen LogP contribution < -0.4 is 15.4 Å². The van der Waals surface area contributed by atoms with E-state index in [-0.39, 0.29) is 5.91 Å². The quantitative estimate of drug-likeness (QED) is 0.844. The summed E-state index contributed by atoms with van der Waals surface area (Å²) in [6.45, 7) is 1.53. The smallest absolute Gasteiger partial charge is 0.323 e. The molecule has 0 atom stereocenters. The lowest BCUT2D eigenvalue weighted by Crippen LogP contribution is -2.33. The van der Waals surface area contributed by atoms with Crippen LogP contribution in [0, 0.1) is 0 Å². The number of hydrogen-bond acceptors (Lipinski definition) is 3. The van der Waals surface area contributed by atoms with Crippen LogP contribution in [0.25, 0.3) is 0 Å². The first kappa shape index (κ1) is 18.8. The molecule has 0 saturated carbocycles. The number of nitrogens with one attached hydrogen (secondary N) is 2. The van der Waals surface area contributed by atoms with Crippen LogP contribution in [0.4, 0.5) is 16.2 Å². The Morgan fingerprint density at radius 1 is 0.852 bits per heavy atom. The van der Waals surface area contributed by atoms with Gasteiger partial charge in [-0.3, -0.25) is 4.79 Å². The second-order valence-corrected chi connectivity index (χ2v) is 6.53. The Kier molecular flexibility index (Phi) is 6.30. The van der Waals surface area contributed by atoms with Crippen LogP contribution in [0.5, 0.6) is 5.75 Å². The number of nitrogens with zero attached hydrogens (tertiary/aromatic N) is 1. The van der Waals surface area contributed by atoms with Gasteiger partial charge in [0, 0.05) is 13.1 Å². The molecule has 0 aliphatic carbocycles. The minimum absolute atomic E-state index is 0.0370. The molecule has 2 N–H and O–H groups in total. The fourth-order valence-electron chi connectivity index (χ4n) is 3.25. The number of benzene rings is 2. The Bertz CT molecular complexity index is 799. The summed E-state index contributed by atoms with van der Waals surface area (Å²) in [6.07, 6.45) is 4.36. The maximum absolute atomic E-state index is 12.9. The Morgan fingerprint density at radius 3 is 2.15 bits per heavy atom. The third-order valence-electron chi connectivity index (χ3n) is 4.65. The third-order valence-corrected chi connectivity index (χ3v) is 4.65. The molecular formula is C21H25N3O3. The van der Waals surface area contributed by atoms with E-state index in [1.165, 1.54) is 0 Å². The lowest BCUT2D eigenvalue weighted by molar-refractivity contribution is 0.0762. The zero-order valence-corrected chi connectivity index (χ0v) is 15.5. The maximum atomic E-state index is 12.9. The topological polar surface area (TPSA) is 70.7 Å². The lowest BCUT2D eigenvalue weighted by Gasteiger charge is -2.22. The number of likely N-dealkylation sites (tertiary alicyclic amines) is 1. The number of para-hydroxylation sites is 3. The number of amides is 3. The van der Waals surface area contributed by atoms with E-state index in [0.29, 0.717) is 22.7 Å². The van der Waals surface area contributed by atoms with Crippen molar-refractivity contribution in [3.05, 3.63) is 54.1 Å². The summed E-state index contributed by atoms with van der Waals surface area (Å²) in [6, 6.07) is 13.9. The van der Waals surface area contributed by atoms with Gasteiger partial charge in [-0.2, -0.15) is 0 Å². The summed E-state index contributed by atoms with van der Waals surface area (Å²) < 4.78 is 5.25. The molecule has 6 heteroatoms. The molecule has 6 nitrogen and oxygen atoms in total. The normalized spacial score (nSPS) is 14.2. The van der Waals surface area contributed by atoms with E-state index in [2.05, 4.69) is 10.6 Å². The molecule has 0 aromatic heterocycles. The molecule has 3 rings (SSSR count). The van der Waals surface area contributed by atoms with Gasteiger partial charge < -0.3 is 20.3 Å². The number of anilines is 2. The zero-order valence-electron chi connectivity index (χ0n) is 15.5. The number of carbonyl (C=O) groups excluding carboxylic acids is 2. The van der Waals surface area contributed by atoms with Crippen molar-refractivity contribution in [3.8, 4) is 5.75 Å². The summed E-state index contributed by atoms with van der Waals surface area (Å²) in [5.74, 6) is 0.534. The van der Waals surface area contributed by atoms with Gasteiger partial charge in [0.15, 0.2) is 0 Å². The van der Waals surface area contributed by atoms with Gasteiger partial charge in [-0.15, -0.1) is 0 Å². The zero-order chi connectivity index (χ0) is 19.1. The average Bonchev–Trinajstić information content (AvgIpc) is 2.98. The number of hydrogen-bond donors (Lipinski definition) is 2. The molecule has 27 heavy (non-hydrogen) atoms. The van der Waals surface area contributed by atoms with Gasteiger partial charge >= 0.3 is 6.03 Å². The van der Waals surface area contributed by atoms with Crippen molar-refractivity contribution in [1.29, 1.82) is 0 Å². The monoisotopic (exact) mass is 367 g/mol. The molecule has 1 aliphatic rings. The van der Waals surface area contributed by atoms with E-state index >= 15 is 0 Å². The van der Waals surface area contributed by atoms with Crippen LogP contribution in [-0.4, -0.2) is 37.0 Å². The molecule has 0 unspecified atom stereocenters. The first-order valence-electron chi connectivity index (χ1n) is 9.28. The molecule has 0 bridgehead atoms. The molecule has 3 amide bonds. The van der Waals surface area contributed by atoms with E-state index in [0.717, 1.165) is 38.8 Å². The highest BCUT2D eigenvalue weighted by atomic mass is 16.5. The fourth-order valence-corrected chi connectivity index (χ4v) is 3.25. The Hall–Kier alpha value is -3.02. The van der Waals surface area contributed by atoms with Gasteiger partial charge in [0.1, 0.15) is 5.75 Å². The van der Waals surface area contributed by atoms with Crippen LogP contribution in [0.3, 0.4) is 0 Å². The largest absolute Gasteiger partial charge is 0.495 e. The second-order valence-electron chi connectivity index (χ2n) is 6.53. The van der Waals surface area contributed by atoms with Crippen LogP contribution in [0.2, 0.25) is 0 Å². The Labute approximate surface area is 159 Å². The van der Waals surface area contributed by atoms with Crippen LogP contribution in [0.1, 0.15) is 36.0 Å². The molecule has 1 saturated heterocycles. The number of carbonyl (C=O) groups is 2. The van der Waals surface area contributed by atoms with Crippen molar-refractivity contribution in [2.24, 2.45) is 0 Å². The van der Waals surface area contributed by atoms with Gasteiger partial charge in [0.05, 0.1) is 24.0 Å². The molecule has 1 aliphatic heterocycles. The van der Waals surface area contributed by atoms with Gasteiger partial charge in [-0.25, -0.2) is 4.79 Å². The lowest BCUT2D eigenvalue weighted by atomic mass is 10.1. The molecule has 1 heterocycles. The van der Waals surface area contributed by atoms with E-state index < -0.39 is 6.03 Å². The maximum Gasteiger partial charge on any atom is 0.323 e. The summed E-state index contributed by atoms with van der Waals surface area (Å²) in [4.78, 5) is 27.3. The Balaban J connectivity index is 1.73. The van der Waals surface area contributed by atoms with E-state index in [1.54, 1.807) is 37.4 Å². The van der Waals surface area contributed by atoms with E-state index in [4.69, 9.17) is 4.74 Å². The van der Waals surface area contributed by atoms with Crippen molar-refractivity contribution in [3.63, 3.8) is 0 Å². The Morgan fingerprint density at radius 2 is 1.44 bits per heavy atom. The molecule has 2 aromatic rings. The standard InChI is InChI=1S/C21H25N3O3/c1-27-19-13-7-6-12-18(19)23-21(26)22-17-11-5-4-10-16(17)20(25)24-14-8-2-3-9-15-24/h4-7,10-13H,2-3,8-9,14-15H2,1H3,(H2,22,23,26). The number of rotatable bonds is 4. The number of ether oxygens (including phenoxy) is 1. The second kappa shape index (κ2) is 9.07. The first-order chi connectivity index (χ1) is 13.2. The van der Waals surface area contributed by atoms with Crippen LogP contribution in [-0.2, 0) is 0 Å².